The van der Waals surface area contributed by atoms with Crippen LogP contribution in [0.4, 0.5) is 14.5 Å². The van der Waals surface area contributed by atoms with Crippen molar-refractivity contribution in [3.05, 3.63) is 47.0 Å². The molecule has 0 spiro atoms. The Hall–Kier alpha value is -2.15. The Morgan fingerprint density at radius 3 is 2.67 bits per heavy atom. The van der Waals surface area contributed by atoms with Crippen LogP contribution in [0.5, 0.6) is 0 Å². The predicted molar refractivity (Wildman–Crippen MR) is 83.9 cm³/mol. The van der Waals surface area contributed by atoms with Gasteiger partial charge >= 0.3 is 5.97 Å². The molecule has 2 aliphatic rings. The number of aromatic nitrogens is 2. The predicted octanol–water partition coefficient (Wildman–Crippen LogP) is 2.98. The SMILES string of the molecule is O=C(O)c1cn(Cc2ccc(N3CC4C(C3)C4(F)F)cc2Cl)cn1. The first-order chi connectivity index (χ1) is 11.4. The minimum atomic E-state index is -2.50. The number of aromatic carboxylic acids is 1. The van der Waals surface area contributed by atoms with Crippen LogP contribution in [0.2, 0.25) is 5.02 Å². The average Bonchev–Trinajstić information content (AvgIpc) is 3.00. The van der Waals surface area contributed by atoms with E-state index < -0.39 is 23.7 Å². The van der Waals surface area contributed by atoms with Gasteiger partial charge in [0.05, 0.1) is 18.2 Å². The molecule has 1 N–H and O–H groups in total. The number of carboxylic acid groups (broad SMARTS) is 1. The number of alkyl halides is 2. The van der Waals surface area contributed by atoms with Gasteiger partial charge in [0.1, 0.15) is 0 Å². The molecule has 24 heavy (non-hydrogen) atoms. The van der Waals surface area contributed by atoms with Crippen molar-refractivity contribution in [3.8, 4) is 0 Å². The third-order valence-corrected chi connectivity index (χ3v) is 5.16. The van der Waals surface area contributed by atoms with Crippen LogP contribution in [0.15, 0.2) is 30.7 Å². The Bertz CT molecular complexity index is 809. The molecule has 2 aromatic rings. The number of anilines is 1. The van der Waals surface area contributed by atoms with Crippen molar-refractivity contribution in [3.63, 3.8) is 0 Å². The highest BCUT2D eigenvalue weighted by molar-refractivity contribution is 6.31. The van der Waals surface area contributed by atoms with Gasteiger partial charge in [0.15, 0.2) is 5.69 Å². The third kappa shape index (κ3) is 2.43. The van der Waals surface area contributed by atoms with Crippen LogP contribution in [0.25, 0.3) is 0 Å². The van der Waals surface area contributed by atoms with Crippen molar-refractivity contribution in [2.24, 2.45) is 11.8 Å². The van der Waals surface area contributed by atoms with Gasteiger partial charge < -0.3 is 14.6 Å². The number of benzene rings is 1. The van der Waals surface area contributed by atoms with Crippen LogP contribution < -0.4 is 4.90 Å². The maximum atomic E-state index is 13.3. The first kappa shape index (κ1) is 15.4. The molecule has 2 unspecified atom stereocenters. The Labute approximate surface area is 141 Å². The van der Waals surface area contributed by atoms with Crippen molar-refractivity contribution in [2.75, 3.05) is 18.0 Å². The molecule has 1 aliphatic carbocycles. The maximum absolute atomic E-state index is 13.3. The van der Waals surface area contributed by atoms with Gasteiger partial charge in [0, 0.05) is 36.5 Å². The molecule has 5 nitrogen and oxygen atoms in total. The van der Waals surface area contributed by atoms with Gasteiger partial charge in [-0.2, -0.15) is 0 Å². The largest absolute Gasteiger partial charge is 0.476 e. The van der Waals surface area contributed by atoms with Crippen LogP contribution in [0.1, 0.15) is 16.1 Å². The highest BCUT2D eigenvalue weighted by atomic mass is 35.5. The molecular weight excluding hydrogens is 340 g/mol. The Balaban J connectivity index is 1.47. The molecule has 0 amide bonds. The lowest BCUT2D eigenvalue weighted by Crippen LogP contribution is -2.27. The first-order valence-electron chi connectivity index (χ1n) is 7.52. The lowest BCUT2D eigenvalue weighted by molar-refractivity contribution is 0.0690. The van der Waals surface area contributed by atoms with Gasteiger partial charge in [0.2, 0.25) is 0 Å². The Morgan fingerprint density at radius 2 is 2.08 bits per heavy atom. The molecule has 1 saturated carbocycles. The summed E-state index contributed by atoms with van der Waals surface area (Å²) in [6, 6.07) is 5.47. The van der Waals surface area contributed by atoms with Crippen LogP contribution in [0.3, 0.4) is 0 Å². The molecule has 0 bridgehead atoms. The number of carbonyl (C=O) groups is 1. The summed E-state index contributed by atoms with van der Waals surface area (Å²) < 4.78 is 28.2. The zero-order chi connectivity index (χ0) is 17.1. The fraction of sp³-hybridized carbons (Fsp3) is 0.375. The second kappa shape index (κ2) is 5.17. The van der Waals surface area contributed by atoms with Gasteiger partial charge in [-0.25, -0.2) is 18.6 Å². The second-order valence-electron chi connectivity index (χ2n) is 6.30. The van der Waals surface area contributed by atoms with Crippen molar-refractivity contribution in [1.29, 1.82) is 0 Å². The molecule has 1 aromatic heterocycles. The molecule has 4 rings (SSSR count). The summed E-state index contributed by atoms with van der Waals surface area (Å²) in [7, 11) is 0. The zero-order valence-corrected chi connectivity index (χ0v) is 13.2. The summed E-state index contributed by atoms with van der Waals surface area (Å²) in [5.41, 5.74) is 1.62. The van der Waals surface area contributed by atoms with Gasteiger partial charge in [-0.3, -0.25) is 0 Å². The molecule has 1 aromatic carbocycles. The number of nitrogens with zero attached hydrogens (tertiary/aromatic N) is 3. The lowest BCUT2D eigenvalue weighted by atomic mass is 10.2. The number of piperidine rings is 1. The van der Waals surface area contributed by atoms with E-state index in [9.17, 15) is 13.6 Å². The third-order valence-electron chi connectivity index (χ3n) is 4.81. The van der Waals surface area contributed by atoms with E-state index in [1.165, 1.54) is 12.5 Å². The number of rotatable bonds is 4. The number of hydrogen-bond donors (Lipinski definition) is 1. The van der Waals surface area contributed by atoms with Crippen LogP contribution in [-0.4, -0.2) is 39.6 Å². The minimum absolute atomic E-state index is 0.0278. The number of fused-ring (bicyclic) bond motifs is 1. The molecule has 0 radical (unpaired) electrons. The van der Waals surface area contributed by atoms with Gasteiger partial charge in [-0.15, -0.1) is 0 Å². The van der Waals surface area contributed by atoms with E-state index in [-0.39, 0.29) is 5.69 Å². The average molecular weight is 354 g/mol. The molecular formula is C16H14ClF2N3O2. The number of carboxylic acids is 1. The molecule has 2 heterocycles. The van der Waals surface area contributed by atoms with E-state index in [1.54, 1.807) is 10.6 Å². The molecule has 8 heteroatoms. The summed E-state index contributed by atoms with van der Waals surface area (Å²) in [5, 5.41) is 9.40. The smallest absolute Gasteiger partial charge is 0.356 e. The molecule has 1 aliphatic heterocycles. The van der Waals surface area contributed by atoms with E-state index in [0.29, 0.717) is 24.7 Å². The minimum Gasteiger partial charge on any atom is -0.476 e. The quantitative estimate of drug-likeness (QED) is 0.918. The standard InChI is InChI=1S/C16H14ClF2N3O2/c17-13-3-10(22-5-11-12(6-22)16(11,18)19)2-1-9(13)4-21-7-14(15(23)24)20-8-21/h1-3,7-8,11-12H,4-6H2,(H,23,24). The Kier molecular flexibility index (Phi) is 3.32. The highest BCUT2D eigenvalue weighted by Crippen LogP contribution is 2.59. The van der Waals surface area contributed by atoms with E-state index in [4.69, 9.17) is 16.7 Å². The summed E-state index contributed by atoms with van der Waals surface area (Å²) in [6.45, 7) is 1.11. The zero-order valence-electron chi connectivity index (χ0n) is 12.5. The fourth-order valence-electron chi connectivity index (χ4n) is 3.33. The van der Waals surface area contributed by atoms with E-state index >= 15 is 0 Å². The van der Waals surface area contributed by atoms with Gasteiger partial charge in [-0.1, -0.05) is 17.7 Å². The molecule has 1 saturated heterocycles. The summed E-state index contributed by atoms with van der Waals surface area (Å²) in [5.74, 6) is -4.64. The van der Waals surface area contributed by atoms with E-state index in [1.807, 2.05) is 17.0 Å². The summed E-state index contributed by atoms with van der Waals surface area (Å²) >= 11 is 6.31. The van der Waals surface area contributed by atoms with E-state index in [0.717, 1.165) is 11.3 Å². The summed E-state index contributed by atoms with van der Waals surface area (Å²) in [4.78, 5) is 16.6. The first-order valence-corrected chi connectivity index (χ1v) is 7.90. The molecule has 2 atom stereocenters. The monoisotopic (exact) mass is 353 g/mol. The van der Waals surface area contributed by atoms with Crippen molar-refractivity contribution < 1.29 is 18.7 Å². The fourth-order valence-corrected chi connectivity index (χ4v) is 3.57. The van der Waals surface area contributed by atoms with Crippen molar-refractivity contribution >= 4 is 23.3 Å². The topological polar surface area (TPSA) is 58.4 Å². The van der Waals surface area contributed by atoms with Crippen LogP contribution in [-0.2, 0) is 6.54 Å². The summed E-state index contributed by atoms with van der Waals surface area (Å²) in [6.07, 6.45) is 2.87. The molecule has 126 valence electrons. The van der Waals surface area contributed by atoms with Crippen LogP contribution >= 0.6 is 11.6 Å². The van der Waals surface area contributed by atoms with Crippen molar-refractivity contribution in [2.45, 2.75) is 12.5 Å². The second-order valence-corrected chi connectivity index (χ2v) is 6.71. The molecule has 2 fully saturated rings. The van der Waals surface area contributed by atoms with Gasteiger partial charge in [-0.05, 0) is 17.7 Å². The van der Waals surface area contributed by atoms with E-state index in [2.05, 4.69) is 4.98 Å². The van der Waals surface area contributed by atoms with Gasteiger partial charge in [0.25, 0.3) is 5.92 Å². The highest BCUT2D eigenvalue weighted by Gasteiger charge is 2.71. The van der Waals surface area contributed by atoms with Crippen LogP contribution in [0, 0.1) is 11.8 Å². The number of hydrogen-bond acceptors (Lipinski definition) is 3. The number of halogens is 3. The Morgan fingerprint density at radius 1 is 1.38 bits per heavy atom. The number of imidazole rings is 1. The lowest BCUT2D eigenvalue weighted by Gasteiger charge is -2.22. The maximum Gasteiger partial charge on any atom is 0.356 e. The normalized spacial score (nSPS) is 24.0. The van der Waals surface area contributed by atoms with Crippen molar-refractivity contribution in [1.82, 2.24) is 9.55 Å².